The summed E-state index contributed by atoms with van der Waals surface area (Å²) in [6.45, 7) is 4.23. The summed E-state index contributed by atoms with van der Waals surface area (Å²) in [6.07, 6.45) is 5.25. The number of methoxy groups -OCH3 is 2. The van der Waals surface area contributed by atoms with Crippen molar-refractivity contribution in [1.29, 1.82) is 0 Å². The van der Waals surface area contributed by atoms with E-state index in [1.165, 1.54) is 5.56 Å². The van der Waals surface area contributed by atoms with Crippen LogP contribution in [0, 0.1) is 0 Å². The average Bonchev–Trinajstić information content (AvgIpc) is 2.35. The number of ether oxygens (including phenoxy) is 2. The van der Waals surface area contributed by atoms with E-state index in [0.717, 1.165) is 22.4 Å². The Balaban J connectivity index is 3.09. The number of rotatable bonds is 5. The first kappa shape index (κ1) is 14.1. The van der Waals surface area contributed by atoms with Crippen molar-refractivity contribution in [2.24, 2.45) is 0 Å². The Morgan fingerprint density at radius 3 is 2.41 bits per heavy atom. The maximum Gasteiger partial charge on any atom is 0.136 e. The molecule has 0 heterocycles. The molecule has 0 aliphatic carbocycles. The van der Waals surface area contributed by atoms with Crippen LogP contribution in [0.5, 0.6) is 11.5 Å². The SMILES string of the molecule is C/C=C\CC(C)c1cc(Br)c(OC)cc1OC. The molecule has 0 aliphatic rings. The third-order valence-electron chi connectivity index (χ3n) is 2.76. The molecule has 1 rings (SSSR count). The van der Waals surface area contributed by atoms with Crippen LogP contribution in [0.1, 0.15) is 31.7 Å². The highest BCUT2D eigenvalue weighted by Crippen LogP contribution is 2.37. The summed E-state index contributed by atoms with van der Waals surface area (Å²) in [5, 5.41) is 0. The van der Waals surface area contributed by atoms with Gasteiger partial charge in [-0.3, -0.25) is 0 Å². The molecule has 94 valence electrons. The summed E-state index contributed by atoms with van der Waals surface area (Å²) in [7, 11) is 3.34. The first-order valence-electron chi connectivity index (χ1n) is 5.66. The Kier molecular flexibility index (Phi) is 5.56. The van der Waals surface area contributed by atoms with E-state index in [-0.39, 0.29) is 0 Å². The highest BCUT2D eigenvalue weighted by Gasteiger charge is 2.14. The third kappa shape index (κ3) is 3.50. The molecule has 0 aliphatic heterocycles. The molecule has 0 radical (unpaired) electrons. The van der Waals surface area contributed by atoms with Gasteiger partial charge in [0, 0.05) is 6.07 Å². The van der Waals surface area contributed by atoms with E-state index >= 15 is 0 Å². The van der Waals surface area contributed by atoms with Crippen LogP contribution >= 0.6 is 15.9 Å². The number of hydrogen-bond acceptors (Lipinski definition) is 2. The van der Waals surface area contributed by atoms with Gasteiger partial charge < -0.3 is 9.47 Å². The van der Waals surface area contributed by atoms with Crippen molar-refractivity contribution in [2.45, 2.75) is 26.2 Å². The van der Waals surface area contributed by atoms with Crippen molar-refractivity contribution in [2.75, 3.05) is 14.2 Å². The fourth-order valence-corrected chi connectivity index (χ4v) is 2.26. The monoisotopic (exact) mass is 298 g/mol. The second-order valence-corrected chi connectivity index (χ2v) is 4.79. The van der Waals surface area contributed by atoms with E-state index in [4.69, 9.17) is 9.47 Å². The van der Waals surface area contributed by atoms with Gasteiger partial charge in [0.25, 0.3) is 0 Å². The minimum atomic E-state index is 0.420. The van der Waals surface area contributed by atoms with Gasteiger partial charge in [-0.1, -0.05) is 19.1 Å². The van der Waals surface area contributed by atoms with Gasteiger partial charge in [0.2, 0.25) is 0 Å². The van der Waals surface area contributed by atoms with Crippen LogP contribution in [0.3, 0.4) is 0 Å². The molecule has 1 atom stereocenters. The van der Waals surface area contributed by atoms with Gasteiger partial charge in [-0.15, -0.1) is 0 Å². The van der Waals surface area contributed by atoms with E-state index in [0.29, 0.717) is 5.92 Å². The summed E-state index contributed by atoms with van der Waals surface area (Å²) < 4.78 is 11.6. The summed E-state index contributed by atoms with van der Waals surface area (Å²) in [4.78, 5) is 0. The van der Waals surface area contributed by atoms with Crippen molar-refractivity contribution in [3.8, 4) is 11.5 Å². The molecular formula is C14H19BrO2. The van der Waals surface area contributed by atoms with Crippen LogP contribution in [-0.2, 0) is 0 Å². The summed E-state index contributed by atoms with van der Waals surface area (Å²) in [5.74, 6) is 2.09. The van der Waals surface area contributed by atoms with Gasteiger partial charge in [0.15, 0.2) is 0 Å². The lowest BCUT2D eigenvalue weighted by molar-refractivity contribution is 0.387. The van der Waals surface area contributed by atoms with Crippen molar-refractivity contribution in [1.82, 2.24) is 0 Å². The zero-order valence-corrected chi connectivity index (χ0v) is 12.4. The van der Waals surface area contributed by atoms with Crippen LogP contribution in [-0.4, -0.2) is 14.2 Å². The molecule has 0 saturated heterocycles. The van der Waals surface area contributed by atoms with Crippen LogP contribution in [0.25, 0.3) is 0 Å². The standard InChI is InChI=1S/C14H19BrO2/c1-5-6-7-10(2)11-8-12(15)14(17-4)9-13(11)16-3/h5-6,8-10H,7H2,1-4H3/b6-5-. The van der Waals surface area contributed by atoms with Crippen LogP contribution < -0.4 is 9.47 Å². The van der Waals surface area contributed by atoms with Gasteiger partial charge in [-0.05, 0) is 46.8 Å². The molecule has 1 aromatic carbocycles. The van der Waals surface area contributed by atoms with Crippen LogP contribution in [0.2, 0.25) is 0 Å². The third-order valence-corrected chi connectivity index (χ3v) is 3.38. The molecule has 0 amide bonds. The van der Waals surface area contributed by atoms with Gasteiger partial charge in [0.05, 0.1) is 18.7 Å². The second kappa shape index (κ2) is 6.70. The fourth-order valence-electron chi connectivity index (χ4n) is 1.74. The maximum absolute atomic E-state index is 5.42. The zero-order valence-electron chi connectivity index (χ0n) is 10.8. The zero-order chi connectivity index (χ0) is 12.8. The molecule has 3 heteroatoms. The number of allylic oxidation sites excluding steroid dienone is 2. The summed E-state index contributed by atoms with van der Waals surface area (Å²) in [6, 6.07) is 4.00. The predicted molar refractivity (Wildman–Crippen MR) is 75.1 cm³/mol. The molecule has 0 spiro atoms. The molecule has 2 nitrogen and oxygen atoms in total. The van der Waals surface area contributed by atoms with E-state index in [9.17, 15) is 0 Å². The molecule has 0 aromatic heterocycles. The predicted octanol–water partition coefficient (Wildman–Crippen LogP) is 4.54. The topological polar surface area (TPSA) is 18.5 Å². The van der Waals surface area contributed by atoms with Crippen molar-refractivity contribution < 1.29 is 9.47 Å². The van der Waals surface area contributed by atoms with E-state index in [2.05, 4.69) is 41.1 Å². The molecule has 17 heavy (non-hydrogen) atoms. The Morgan fingerprint density at radius 1 is 1.24 bits per heavy atom. The van der Waals surface area contributed by atoms with Crippen molar-refractivity contribution in [3.63, 3.8) is 0 Å². The highest BCUT2D eigenvalue weighted by atomic mass is 79.9. The maximum atomic E-state index is 5.42. The summed E-state index contributed by atoms with van der Waals surface area (Å²) >= 11 is 3.51. The summed E-state index contributed by atoms with van der Waals surface area (Å²) in [5.41, 5.74) is 1.19. The lowest BCUT2D eigenvalue weighted by Crippen LogP contribution is -1.98. The minimum Gasteiger partial charge on any atom is -0.496 e. The number of benzene rings is 1. The first-order valence-corrected chi connectivity index (χ1v) is 6.45. The molecule has 0 fully saturated rings. The van der Waals surface area contributed by atoms with E-state index in [1.54, 1.807) is 14.2 Å². The molecule has 1 unspecified atom stereocenters. The minimum absolute atomic E-state index is 0.420. The van der Waals surface area contributed by atoms with Gasteiger partial charge in [0.1, 0.15) is 11.5 Å². The van der Waals surface area contributed by atoms with E-state index < -0.39 is 0 Å². The van der Waals surface area contributed by atoms with Crippen molar-refractivity contribution in [3.05, 3.63) is 34.3 Å². The molecule has 0 N–H and O–H groups in total. The smallest absolute Gasteiger partial charge is 0.136 e. The van der Waals surface area contributed by atoms with Gasteiger partial charge in [-0.25, -0.2) is 0 Å². The molecule has 0 saturated carbocycles. The Bertz CT molecular complexity index is 399. The van der Waals surface area contributed by atoms with Crippen molar-refractivity contribution >= 4 is 15.9 Å². The lowest BCUT2D eigenvalue weighted by Gasteiger charge is -2.16. The second-order valence-electron chi connectivity index (χ2n) is 3.93. The quantitative estimate of drug-likeness (QED) is 0.743. The molecular weight excluding hydrogens is 280 g/mol. The number of halogens is 1. The highest BCUT2D eigenvalue weighted by molar-refractivity contribution is 9.10. The Morgan fingerprint density at radius 2 is 1.88 bits per heavy atom. The van der Waals surface area contributed by atoms with Gasteiger partial charge >= 0.3 is 0 Å². The van der Waals surface area contributed by atoms with Crippen LogP contribution in [0.4, 0.5) is 0 Å². The Labute approximate surface area is 112 Å². The largest absolute Gasteiger partial charge is 0.496 e. The van der Waals surface area contributed by atoms with Gasteiger partial charge in [-0.2, -0.15) is 0 Å². The molecule has 0 bridgehead atoms. The molecule has 1 aromatic rings. The Hall–Kier alpha value is -0.960. The average molecular weight is 299 g/mol. The lowest BCUT2D eigenvalue weighted by atomic mass is 9.96. The normalized spacial score (nSPS) is 12.8. The number of hydrogen-bond donors (Lipinski definition) is 0. The fraction of sp³-hybridized carbons (Fsp3) is 0.429. The van der Waals surface area contributed by atoms with Crippen LogP contribution in [0.15, 0.2) is 28.8 Å². The van der Waals surface area contributed by atoms with E-state index in [1.807, 2.05) is 13.0 Å². The first-order chi connectivity index (χ1) is 8.13.